The Hall–Kier alpha value is 2.33. The Balaban J connectivity index is -0.00000000450. The van der Waals surface area contributed by atoms with E-state index < -0.39 is 5.09 Å². The molecule has 0 unspecified atom stereocenters. The summed E-state index contributed by atoms with van der Waals surface area (Å²) in [5, 5.41) is 13.6. The first-order valence-corrected chi connectivity index (χ1v) is 0.565. The molecule has 0 spiro atoms. The molecule has 0 aliphatic heterocycles. The third-order valence-corrected chi connectivity index (χ3v) is 0. The molecule has 0 saturated heterocycles. The predicted octanol–water partition coefficient (Wildman–Crippen LogP) is 0.359. The molecule has 3 N–H and O–H groups in total. The topological polar surface area (TPSA) is 96.9 Å². The number of rotatable bonds is 0. The molecule has 0 atom stereocenters. The van der Waals surface area contributed by atoms with Gasteiger partial charge in [0.1, 0.15) is 0 Å². The molecule has 0 aromatic rings. The van der Waals surface area contributed by atoms with E-state index in [0.29, 0.717) is 0 Å². The van der Waals surface area contributed by atoms with E-state index in [1.54, 1.807) is 0 Å². The third-order valence-electron chi connectivity index (χ3n) is 0. The van der Waals surface area contributed by atoms with Crippen LogP contribution in [-0.2, 0) is 95.9 Å². The Morgan fingerprint density at radius 3 is 1.22 bits per heavy atom. The van der Waals surface area contributed by atoms with Gasteiger partial charge < -0.3 is 11.4 Å². The largest absolute Gasteiger partial charge is 0.693 e. The molecule has 0 heterocycles. The Bertz CT molecular complexity index is 40.0. The normalized spacial score (nSPS) is 2.67. The molecule has 0 amide bonds. The van der Waals surface area contributed by atoms with Crippen molar-refractivity contribution in [3.05, 3.63) is 16.3 Å². The summed E-state index contributed by atoms with van der Waals surface area (Å²) in [6.07, 6.45) is 0. The summed E-state index contributed by atoms with van der Waals surface area (Å²) in [5.74, 6) is 0. The van der Waals surface area contributed by atoms with Crippen molar-refractivity contribution in [2.75, 3.05) is 0 Å². The van der Waals surface area contributed by atoms with Gasteiger partial charge in [-0.05, 0) is 0 Å². The monoisotopic (exact) mass is 720 g/mol. The van der Waals surface area contributed by atoms with Crippen molar-refractivity contribution in [1.29, 1.82) is 0 Å². The van der Waals surface area contributed by atoms with E-state index in [0.717, 1.165) is 0 Å². The molecule has 0 saturated carbocycles. The molecule has 0 aliphatic carbocycles. The van der Waals surface area contributed by atoms with Gasteiger partial charge in [0.15, 0.2) is 0 Å². The van der Waals surface area contributed by atoms with Gasteiger partial charge in [-0.3, -0.25) is 0 Å². The van der Waals surface area contributed by atoms with Crippen LogP contribution in [0, 0.1) is 10.1 Å². The summed E-state index contributed by atoms with van der Waals surface area (Å²) in [7, 11) is 0. The first kappa shape index (κ1) is 42.6. The summed E-state index contributed by atoms with van der Waals surface area (Å²) in [6.45, 7) is 0. The maximum Gasteiger partial charge on any atom is 0.291 e. The average Bonchev–Trinajstić information content (AvgIpc) is 0.811. The first-order chi connectivity index (χ1) is 1.73. The Kier molecular flexibility index (Phi) is 150. The van der Waals surface area contributed by atoms with Crippen LogP contribution in [0.25, 0.3) is 6.15 Å². The molecule has 9 heavy (non-hydrogen) atoms. The zero-order chi connectivity index (χ0) is 3.58. The second-order valence-corrected chi connectivity index (χ2v) is 0.238. The fraction of sp³-hybridized carbons (Fsp3) is 0. The summed E-state index contributed by atoms with van der Waals surface area (Å²) in [5.41, 5.74) is 0. The van der Waals surface area contributed by atoms with Crippen LogP contribution in [0.4, 0.5) is 0 Å². The second kappa shape index (κ2) is 31.7. The number of nitrogens with zero attached hydrogens (tertiary/aromatic N) is 1. The van der Waals surface area contributed by atoms with E-state index in [1.165, 1.54) is 0 Å². The molecule has 5 nitrogen and oxygen atoms in total. The SMILES string of the molecule is O=[N+]([O-])O.[NH2-].[W].[W].[W].[Y]. The van der Waals surface area contributed by atoms with E-state index in [1.807, 2.05) is 0 Å². The van der Waals surface area contributed by atoms with Gasteiger partial charge in [0.05, 0.1) is 0 Å². The molecule has 53 valence electrons. The van der Waals surface area contributed by atoms with Crippen molar-refractivity contribution in [2.24, 2.45) is 0 Å². The van der Waals surface area contributed by atoms with Gasteiger partial charge >= 0.3 is 0 Å². The van der Waals surface area contributed by atoms with Crippen molar-refractivity contribution in [3.8, 4) is 0 Å². The molecular formula is H3N2O3W3Y-. The van der Waals surface area contributed by atoms with Gasteiger partial charge in [0.2, 0.25) is 0 Å². The molecule has 0 fully saturated rings. The van der Waals surface area contributed by atoms with Gasteiger partial charge in [-0.15, -0.1) is 10.1 Å². The van der Waals surface area contributed by atoms with Crippen LogP contribution in [0.5, 0.6) is 0 Å². The van der Waals surface area contributed by atoms with Crippen LogP contribution in [-0.4, -0.2) is 10.3 Å². The van der Waals surface area contributed by atoms with E-state index in [2.05, 4.69) is 0 Å². The van der Waals surface area contributed by atoms with Crippen LogP contribution in [0.2, 0.25) is 0 Å². The minimum atomic E-state index is -1.50. The first-order valence-electron chi connectivity index (χ1n) is 0.565. The van der Waals surface area contributed by atoms with Crippen LogP contribution in [0.3, 0.4) is 0 Å². The number of hydrogen-bond acceptors (Lipinski definition) is 2. The standard InChI is InChI=1S/HNO3.H2N.3W.Y/c2-1(3)4;;;;;/h(H,2,3,4);1H2;;;;/q;-1;;;;. The van der Waals surface area contributed by atoms with Gasteiger partial charge in [-0.1, -0.05) is 0 Å². The number of nitrogens with two attached hydrogens (primary N) is 1. The number of hydrogen-bond donors (Lipinski definition) is 1. The van der Waals surface area contributed by atoms with Crippen LogP contribution >= 0.6 is 0 Å². The van der Waals surface area contributed by atoms with Crippen molar-refractivity contribution >= 4 is 0 Å². The minimum absolute atomic E-state index is 0. The van der Waals surface area contributed by atoms with E-state index in [9.17, 15) is 0 Å². The zero-order valence-corrected chi connectivity index (χ0v) is 15.7. The smallest absolute Gasteiger partial charge is 0.291 e. The molecule has 0 aromatic carbocycles. The van der Waals surface area contributed by atoms with Crippen molar-refractivity contribution in [3.63, 3.8) is 0 Å². The molecule has 0 bridgehead atoms. The molecule has 0 rings (SSSR count). The fourth-order valence-corrected chi connectivity index (χ4v) is 0. The van der Waals surface area contributed by atoms with Crippen LogP contribution < -0.4 is 0 Å². The van der Waals surface area contributed by atoms with Gasteiger partial charge in [-0.2, -0.15) is 0 Å². The van der Waals surface area contributed by atoms with Crippen molar-refractivity contribution in [2.45, 2.75) is 0 Å². The Labute approximate surface area is 120 Å². The summed E-state index contributed by atoms with van der Waals surface area (Å²) < 4.78 is 0. The van der Waals surface area contributed by atoms with Gasteiger partial charge in [0.25, 0.3) is 5.09 Å². The van der Waals surface area contributed by atoms with Gasteiger partial charge in [-0.25, -0.2) is 0 Å². The quantitative estimate of drug-likeness (QED) is 0.290. The van der Waals surface area contributed by atoms with E-state index >= 15 is 0 Å². The third kappa shape index (κ3) is 132. The minimum Gasteiger partial charge on any atom is -0.693 e. The Morgan fingerprint density at radius 2 is 1.22 bits per heavy atom. The summed E-state index contributed by atoms with van der Waals surface area (Å²) in [6, 6.07) is 0. The average molecular weight is 719 g/mol. The van der Waals surface area contributed by atoms with Crippen molar-refractivity contribution in [1.82, 2.24) is 0 Å². The second-order valence-electron chi connectivity index (χ2n) is 0.238. The zero-order valence-electron chi connectivity index (χ0n) is 4.09. The van der Waals surface area contributed by atoms with Gasteiger partial charge in [0, 0.05) is 95.9 Å². The van der Waals surface area contributed by atoms with Crippen molar-refractivity contribution < 1.29 is 106 Å². The maximum atomic E-state index is 8.36. The summed E-state index contributed by atoms with van der Waals surface area (Å²) in [4.78, 5) is 8.36. The molecular weight excluding hydrogens is 716 g/mol. The predicted molar refractivity (Wildman–Crippen MR) is 14.1 cm³/mol. The van der Waals surface area contributed by atoms with E-state index in [-0.39, 0.29) is 102 Å². The molecule has 9 heteroatoms. The van der Waals surface area contributed by atoms with E-state index in [4.69, 9.17) is 15.3 Å². The van der Waals surface area contributed by atoms with Crippen LogP contribution in [0.15, 0.2) is 0 Å². The molecule has 1 radical (unpaired) electrons. The Morgan fingerprint density at radius 1 is 1.22 bits per heavy atom. The molecule has 0 aliphatic rings. The molecule has 0 aromatic heterocycles. The summed E-state index contributed by atoms with van der Waals surface area (Å²) >= 11 is 0. The fourth-order valence-electron chi connectivity index (χ4n) is 0. The maximum absolute atomic E-state index is 8.36. The van der Waals surface area contributed by atoms with Crippen LogP contribution in [0.1, 0.15) is 0 Å².